The summed E-state index contributed by atoms with van der Waals surface area (Å²) < 4.78 is 0. The zero-order chi connectivity index (χ0) is 13.5. The summed E-state index contributed by atoms with van der Waals surface area (Å²) >= 11 is 9.34. The number of benzene rings is 1. The normalized spacial score (nSPS) is 11.6. The maximum absolute atomic E-state index is 5.54. The third kappa shape index (κ3) is 21.4. The Kier molecular flexibility index (Phi) is 17.4. The fraction of sp³-hybridized carbons (Fsp3) is 0.467. The van der Waals surface area contributed by atoms with Crippen LogP contribution in [0.4, 0.5) is 0 Å². The number of hydrogen-bond acceptors (Lipinski definition) is 1. The molecule has 1 aliphatic rings. The molecule has 0 unspecified atom stereocenters. The number of rotatable bonds is 1. The van der Waals surface area contributed by atoms with E-state index in [1.807, 2.05) is 44.2 Å². The minimum Gasteiger partial charge on any atom is -0.175 e. The molecule has 0 radical (unpaired) electrons. The number of thiol groups is 1. The maximum atomic E-state index is 5.54. The van der Waals surface area contributed by atoms with Crippen LogP contribution in [0.1, 0.15) is 33.6 Å². The van der Waals surface area contributed by atoms with Crippen molar-refractivity contribution in [2.45, 2.75) is 33.6 Å². The van der Waals surface area contributed by atoms with Gasteiger partial charge < -0.3 is 0 Å². The van der Waals surface area contributed by atoms with E-state index in [9.17, 15) is 0 Å². The Morgan fingerprint density at radius 3 is 1.76 bits per heavy atom. The van der Waals surface area contributed by atoms with Crippen molar-refractivity contribution in [1.82, 2.24) is 0 Å². The van der Waals surface area contributed by atoms with Gasteiger partial charge >= 0.3 is 0 Å². The molecule has 0 atom stereocenters. The van der Waals surface area contributed by atoms with Crippen LogP contribution < -0.4 is 0 Å². The summed E-state index contributed by atoms with van der Waals surface area (Å²) in [6.07, 6.45) is 4.71. The smallest absolute Gasteiger partial charge is 0.0405 e. The van der Waals surface area contributed by atoms with Gasteiger partial charge in [-0.3, -0.25) is 0 Å². The molecule has 0 nitrogen and oxygen atoms in total. The van der Waals surface area contributed by atoms with Gasteiger partial charge in [0.05, 0.1) is 0 Å². The van der Waals surface area contributed by atoms with Crippen LogP contribution >= 0.6 is 24.2 Å². The lowest BCUT2D eigenvalue weighted by Crippen LogP contribution is -1.55. The molecule has 98 valence electrons. The first-order valence-corrected chi connectivity index (χ1v) is 7.14. The average Bonchev–Trinajstić information content (AvgIpc) is 3.16. The molecule has 17 heavy (non-hydrogen) atoms. The highest BCUT2D eigenvalue weighted by Crippen LogP contribution is 2.26. The first kappa shape index (κ1) is 19.0. The quantitative estimate of drug-likeness (QED) is 0.479. The minimum atomic E-state index is 0.778. The van der Waals surface area contributed by atoms with Crippen LogP contribution in [0.2, 0.25) is 5.02 Å². The van der Waals surface area contributed by atoms with Crippen molar-refractivity contribution in [3.63, 3.8) is 0 Å². The predicted molar refractivity (Wildman–Crippen MR) is 85.2 cm³/mol. The van der Waals surface area contributed by atoms with Crippen molar-refractivity contribution in [3.8, 4) is 0 Å². The molecule has 1 fully saturated rings. The lowest BCUT2D eigenvalue weighted by Gasteiger charge is -1.80. The van der Waals surface area contributed by atoms with E-state index in [0.717, 1.165) is 16.7 Å². The molecule has 0 amide bonds. The predicted octanol–water partition coefficient (Wildman–Crippen LogP) is 5.88. The van der Waals surface area contributed by atoms with Crippen molar-refractivity contribution >= 4 is 24.2 Å². The van der Waals surface area contributed by atoms with Gasteiger partial charge in [-0.15, -0.1) is 6.58 Å². The van der Waals surface area contributed by atoms with E-state index in [-0.39, 0.29) is 0 Å². The second-order valence-electron chi connectivity index (χ2n) is 3.45. The summed E-state index contributed by atoms with van der Waals surface area (Å²) in [7, 11) is 0. The summed E-state index contributed by atoms with van der Waals surface area (Å²) in [5.74, 6) is 1.86. The van der Waals surface area contributed by atoms with E-state index < -0.39 is 0 Å². The molecule has 0 bridgehead atoms. The van der Waals surface area contributed by atoms with Gasteiger partial charge in [0.25, 0.3) is 0 Å². The van der Waals surface area contributed by atoms with Gasteiger partial charge in [-0.25, -0.2) is 0 Å². The average molecular weight is 273 g/mol. The van der Waals surface area contributed by atoms with Crippen molar-refractivity contribution < 1.29 is 0 Å². The Bertz CT molecular complexity index is 242. The van der Waals surface area contributed by atoms with E-state index in [4.69, 9.17) is 11.6 Å². The van der Waals surface area contributed by atoms with Crippen LogP contribution in [-0.2, 0) is 0 Å². The minimum absolute atomic E-state index is 0.778. The third-order valence-corrected chi connectivity index (χ3v) is 2.24. The van der Waals surface area contributed by atoms with Crippen LogP contribution in [0, 0.1) is 5.92 Å². The summed E-state index contributed by atoms with van der Waals surface area (Å²) in [6, 6.07) is 9.44. The van der Waals surface area contributed by atoms with Crippen molar-refractivity contribution in [2.24, 2.45) is 5.92 Å². The zero-order valence-electron chi connectivity index (χ0n) is 11.2. The Morgan fingerprint density at radius 1 is 1.29 bits per heavy atom. The monoisotopic (exact) mass is 272 g/mol. The molecule has 1 saturated carbocycles. The fourth-order valence-electron chi connectivity index (χ4n) is 0.581. The second-order valence-corrected chi connectivity index (χ2v) is 4.25. The first-order valence-electron chi connectivity index (χ1n) is 6.13. The second kappa shape index (κ2) is 15.6. The third-order valence-electron chi connectivity index (χ3n) is 1.73. The highest BCUT2D eigenvalue weighted by molar-refractivity contribution is 7.80. The molecule has 0 heterocycles. The van der Waals surface area contributed by atoms with Crippen molar-refractivity contribution in [1.29, 1.82) is 0 Å². The summed E-state index contributed by atoms with van der Waals surface area (Å²) in [4.78, 5) is 0. The van der Waals surface area contributed by atoms with Crippen molar-refractivity contribution in [2.75, 3.05) is 5.75 Å². The molecule has 0 N–H and O–H groups in total. The van der Waals surface area contributed by atoms with Crippen LogP contribution in [0.25, 0.3) is 0 Å². The van der Waals surface area contributed by atoms with E-state index in [1.54, 1.807) is 6.08 Å². The van der Waals surface area contributed by atoms with E-state index >= 15 is 0 Å². The van der Waals surface area contributed by atoms with E-state index in [2.05, 4.69) is 26.1 Å². The summed E-state index contributed by atoms with van der Waals surface area (Å²) in [5.41, 5.74) is 0. The Hall–Kier alpha value is -0.400. The van der Waals surface area contributed by atoms with Gasteiger partial charge in [0.2, 0.25) is 0 Å². The molecular weight excluding hydrogens is 248 g/mol. The summed E-state index contributed by atoms with van der Waals surface area (Å²) in [5, 5.41) is 0.794. The Balaban J connectivity index is 0. The highest BCUT2D eigenvalue weighted by atomic mass is 35.5. The largest absolute Gasteiger partial charge is 0.175 e. The lowest BCUT2D eigenvalue weighted by atomic mass is 10.4. The molecule has 0 spiro atoms. The molecular formula is C15H25ClS. The van der Waals surface area contributed by atoms with Gasteiger partial charge in [0, 0.05) is 10.8 Å². The highest BCUT2D eigenvalue weighted by Gasteiger charge is 2.12. The van der Waals surface area contributed by atoms with Crippen LogP contribution in [-0.4, -0.2) is 5.75 Å². The van der Waals surface area contributed by atoms with E-state index in [1.165, 1.54) is 12.8 Å². The van der Waals surface area contributed by atoms with Gasteiger partial charge in [-0.1, -0.05) is 69.5 Å². The topological polar surface area (TPSA) is 0 Å². The van der Waals surface area contributed by atoms with Gasteiger partial charge in [-0.05, 0) is 18.1 Å². The molecule has 0 saturated heterocycles. The molecule has 1 aromatic carbocycles. The van der Waals surface area contributed by atoms with Crippen LogP contribution in [0.3, 0.4) is 0 Å². The molecule has 0 aliphatic heterocycles. The van der Waals surface area contributed by atoms with Gasteiger partial charge in [-0.2, -0.15) is 12.6 Å². The SMILES string of the molecule is C=CCS.CC.CC1CC1.Clc1ccccc1. The van der Waals surface area contributed by atoms with Gasteiger partial charge in [0.15, 0.2) is 0 Å². The fourth-order valence-corrected chi connectivity index (χ4v) is 0.727. The molecule has 1 aliphatic carbocycles. The van der Waals surface area contributed by atoms with E-state index in [0.29, 0.717) is 0 Å². The molecule has 0 aromatic heterocycles. The molecule has 2 rings (SSSR count). The first-order chi connectivity index (χ1) is 8.20. The maximum Gasteiger partial charge on any atom is 0.0405 e. The van der Waals surface area contributed by atoms with Crippen molar-refractivity contribution in [3.05, 3.63) is 48.0 Å². The summed E-state index contributed by atoms with van der Waals surface area (Å²) in [6.45, 7) is 9.68. The number of halogens is 1. The number of hydrogen-bond donors (Lipinski definition) is 1. The molecule has 1 aromatic rings. The standard InChI is InChI=1S/C6H5Cl.C4H8.C3H6S.C2H6/c7-6-4-2-1-3-5-6;1-4-2-3-4;1-2-3-4;1-2/h1-5H;4H,2-3H2,1H3;2,4H,1,3H2;1-2H3. The van der Waals surface area contributed by atoms with Crippen LogP contribution in [0.15, 0.2) is 43.0 Å². The zero-order valence-corrected chi connectivity index (χ0v) is 12.8. The Morgan fingerprint density at radius 2 is 1.65 bits per heavy atom. The Labute approximate surface area is 117 Å². The lowest BCUT2D eigenvalue weighted by molar-refractivity contribution is 0.983. The van der Waals surface area contributed by atoms with Gasteiger partial charge in [0.1, 0.15) is 0 Å². The molecule has 2 heteroatoms. The van der Waals surface area contributed by atoms with Crippen LogP contribution in [0.5, 0.6) is 0 Å².